The van der Waals surface area contributed by atoms with Crippen LogP contribution >= 0.6 is 0 Å². The number of aliphatic hydroxyl groups excluding tert-OH is 2. The molecule has 2 fully saturated rings. The summed E-state index contributed by atoms with van der Waals surface area (Å²) in [5, 5.41) is 24.4. The van der Waals surface area contributed by atoms with Gasteiger partial charge in [-0.3, -0.25) is 4.90 Å². The van der Waals surface area contributed by atoms with Gasteiger partial charge < -0.3 is 20.1 Å². The summed E-state index contributed by atoms with van der Waals surface area (Å²) in [6, 6.07) is 9.55. The summed E-state index contributed by atoms with van der Waals surface area (Å²) in [7, 11) is 0. The maximum atomic E-state index is 10.1. The molecular weight excluding hydrogens is 450 g/mol. The van der Waals surface area contributed by atoms with E-state index in [0.29, 0.717) is 18.0 Å². The second-order valence-electron chi connectivity index (χ2n) is 10.9. The molecule has 3 aromatic rings. The fourth-order valence-corrected chi connectivity index (χ4v) is 5.79. The molecule has 0 radical (unpaired) electrons. The lowest BCUT2D eigenvalue weighted by Crippen LogP contribution is -2.35. The van der Waals surface area contributed by atoms with E-state index in [1.807, 2.05) is 6.20 Å². The monoisotopic (exact) mass is 491 g/mol. The number of fused-ring (bicyclic) bond motifs is 1. The van der Waals surface area contributed by atoms with Gasteiger partial charge >= 0.3 is 0 Å². The lowest BCUT2D eigenvalue weighted by Gasteiger charge is -2.29. The molecular formula is C29H41N5O2. The molecule has 1 unspecified atom stereocenters. The predicted molar refractivity (Wildman–Crippen MR) is 145 cm³/mol. The molecule has 3 heterocycles. The maximum Gasteiger partial charge on any atom is 0.224 e. The SMILES string of the molecule is CCCC(C)Nc1ncc2c(-c3ccc(CN4CCC(O)CC4)cc3)cn([C@H]3CC[C@H](O)CC3)c2n1. The van der Waals surface area contributed by atoms with Crippen LogP contribution in [-0.4, -0.2) is 61.0 Å². The molecule has 1 aromatic carbocycles. The molecule has 3 N–H and O–H groups in total. The number of nitrogens with one attached hydrogen (secondary N) is 1. The Morgan fingerprint density at radius 3 is 2.39 bits per heavy atom. The van der Waals surface area contributed by atoms with Gasteiger partial charge in [-0.15, -0.1) is 0 Å². The van der Waals surface area contributed by atoms with E-state index in [0.717, 1.165) is 87.6 Å². The minimum absolute atomic E-state index is 0.138. The van der Waals surface area contributed by atoms with Gasteiger partial charge in [0.25, 0.3) is 0 Å². The van der Waals surface area contributed by atoms with Crippen LogP contribution in [-0.2, 0) is 6.54 Å². The topological polar surface area (TPSA) is 86.4 Å². The number of benzene rings is 1. The van der Waals surface area contributed by atoms with Crippen molar-refractivity contribution in [1.82, 2.24) is 19.4 Å². The molecule has 5 rings (SSSR count). The van der Waals surface area contributed by atoms with Crippen molar-refractivity contribution in [3.05, 3.63) is 42.2 Å². The second-order valence-corrected chi connectivity index (χ2v) is 10.9. The summed E-state index contributed by atoms with van der Waals surface area (Å²) in [4.78, 5) is 12.1. The fraction of sp³-hybridized carbons (Fsp3) is 0.586. The Morgan fingerprint density at radius 1 is 1.00 bits per heavy atom. The molecule has 1 saturated heterocycles. The van der Waals surface area contributed by atoms with Gasteiger partial charge in [0.1, 0.15) is 5.65 Å². The van der Waals surface area contributed by atoms with Gasteiger partial charge in [-0.05, 0) is 63.0 Å². The van der Waals surface area contributed by atoms with E-state index in [1.54, 1.807) is 0 Å². The van der Waals surface area contributed by atoms with Crippen molar-refractivity contribution < 1.29 is 10.2 Å². The van der Waals surface area contributed by atoms with Crippen LogP contribution in [0.25, 0.3) is 22.2 Å². The van der Waals surface area contributed by atoms with E-state index < -0.39 is 0 Å². The largest absolute Gasteiger partial charge is 0.393 e. The zero-order chi connectivity index (χ0) is 25.1. The lowest BCUT2D eigenvalue weighted by molar-refractivity contribution is 0.0792. The molecule has 1 saturated carbocycles. The quantitative estimate of drug-likeness (QED) is 0.405. The molecule has 7 heteroatoms. The third-order valence-electron chi connectivity index (χ3n) is 7.96. The highest BCUT2D eigenvalue weighted by molar-refractivity contribution is 5.94. The Morgan fingerprint density at radius 2 is 1.69 bits per heavy atom. The van der Waals surface area contributed by atoms with Crippen LogP contribution in [0.5, 0.6) is 0 Å². The average molecular weight is 492 g/mol. The first-order chi connectivity index (χ1) is 17.5. The molecule has 1 aliphatic heterocycles. The van der Waals surface area contributed by atoms with Crippen molar-refractivity contribution in [2.75, 3.05) is 18.4 Å². The van der Waals surface area contributed by atoms with E-state index in [2.05, 4.69) is 64.1 Å². The van der Waals surface area contributed by atoms with Crippen LogP contribution < -0.4 is 5.32 Å². The third-order valence-corrected chi connectivity index (χ3v) is 7.96. The number of rotatable bonds is 8. The molecule has 194 valence electrons. The van der Waals surface area contributed by atoms with E-state index >= 15 is 0 Å². The van der Waals surface area contributed by atoms with Crippen molar-refractivity contribution >= 4 is 17.0 Å². The summed E-state index contributed by atoms with van der Waals surface area (Å²) in [6.07, 6.45) is 11.4. The van der Waals surface area contributed by atoms with E-state index in [9.17, 15) is 10.2 Å². The zero-order valence-corrected chi connectivity index (χ0v) is 21.7. The van der Waals surface area contributed by atoms with Crippen LogP contribution in [0.1, 0.15) is 76.8 Å². The number of hydrogen-bond donors (Lipinski definition) is 3. The molecule has 2 aliphatic rings. The normalized spacial score (nSPS) is 22.7. The maximum absolute atomic E-state index is 10.1. The number of nitrogens with zero attached hydrogens (tertiary/aromatic N) is 4. The minimum Gasteiger partial charge on any atom is -0.393 e. The van der Waals surface area contributed by atoms with Gasteiger partial charge in [0.2, 0.25) is 5.95 Å². The first-order valence-electron chi connectivity index (χ1n) is 13.8. The highest BCUT2D eigenvalue weighted by Gasteiger charge is 2.24. The van der Waals surface area contributed by atoms with Crippen molar-refractivity contribution in [1.29, 1.82) is 0 Å². The minimum atomic E-state index is -0.181. The van der Waals surface area contributed by atoms with Gasteiger partial charge in [-0.1, -0.05) is 37.6 Å². The van der Waals surface area contributed by atoms with Gasteiger partial charge in [-0.2, -0.15) is 4.98 Å². The number of likely N-dealkylation sites (tertiary alicyclic amines) is 1. The van der Waals surface area contributed by atoms with Crippen molar-refractivity contribution in [2.45, 2.75) is 96.1 Å². The van der Waals surface area contributed by atoms with Crippen molar-refractivity contribution in [3.8, 4) is 11.1 Å². The Balaban J connectivity index is 1.42. The van der Waals surface area contributed by atoms with Crippen LogP contribution in [0, 0.1) is 0 Å². The zero-order valence-electron chi connectivity index (χ0n) is 21.7. The van der Waals surface area contributed by atoms with E-state index in [4.69, 9.17) is 4.98 Å². The van der Waals surface area contributed by atoms with Gasteiger partial charge in [-0.25, -0.2) is 4.98 Å². The number of anilines is 1. The smallest absolute Gasteiger partial charge is 0.224 e. The number of hydrogen-bond acceptors (Lipinski definition) is 6. The Kier molecular flexibility index (Phi) is 7.89. The van der Waals surface area contributed by atoms with Crippen LogP contribution in [0.3, 0.4) is 0 Å². The molecule has 36 heavy (non-hydrogen) atoms. The highest BCUT2D eigenvalue weighted by Crippen LogP contribution is 2.37. The van der Waals surface area contributed by atoms with Crippen molar-refractivity contribution in [2.24, 2.45) is 0 Å². The van der Waals surface area contributed by atoms with E-state index in [-0.39, 0.29) is 12.2 Å². The molecule has 1 atom stereocenters. The van der Waals surface area contributed by atoms with Gasteiger partial charge in [0.15, 0.2) is 0 Å². The first kappa shape index (κ1) is 25.2. The van der Waals surface area contributed by atoms with Gasteiger partial charge in [0.05, 0.1) is 12.2 Å². The Labute approximate surface area is 214 Å². The average Bonchev–Trinajstić information content (AvgIpc) is 3.25. The van der Waals surface area contributed by atoms with Crippen LogP contribution in [0.4, 0.5) is 5.95 Å². The van der Waals surface area contributed by atoms with Crippen LogP contribution in [0.2, 0.25) is 0 Å². The lowest BCUT2D eigenvalue weighted by atomic mass is 9.93. The summed E-state index contributed by atoms with van der Waals surface area (Å²) < 4.78 is 2.33. The third kappa shape index (κ3) is 5.74. The summed E-state index contributed by atoms with van der Waals surface area (Å²) in [5.74, 6) is 0.687. The first-order valence-corrected chi connectivity index (χ1v) is 13.8. The highest BCUT2D eigenvalue weighted by atomic mass is 16.3. The second kappa shape index (κ2) is 11.3. The summed E-state index contributed by atoms with van der Waals surface area (Å²) >= 11 is 0. The Hall–Kier alpha value is -2.48. The van der Waals surface area contributed by atoms with Crippen LogP contribution in [0.15, 0.2) is 36.7 Å². The molecule has 7 nitrogen and oxygen atoms in total. The number of aromatic nitrogens is 3. The predicted octanol–water partition coefficient (Wildman–Crippen LogP) is 5.13. The van der Waals surface area contributed by atoms with Gasteiger partial charge in [0, 0.05) is 55.1 Å². The summed E-state index contributed by atoms with van der Waals surface area (Å²) in [5.41, 5.74) is 4.62. The summed E-state index contributed by atoms with van der Waals surface area (Å²) in [6.45, 7) is 7.21. The van der Waals surface area contributed by atoms with Crippen molar-refractivity contribution in [3.63, 3.8) is 0 Å². The molecule has 1 aliphatic carbocycles. The molecule has 0 spiro atoms. The number of piperidine rings is 1. The van der Waals surface area contributed by atoms with E-state index in [1.165, 1.54) is 11.1 Å². The standard InChI is InChI=1S/C29H41N5O2/c1-3-4-20(2)31-29-30-17-26-27(19-34(28(26)32-29)23-9-11-24(35)12-10-23)22-7-5-21(6-8-22)18-33-15-13-25(36)14-16-33/h5-8,17,19-20,23-25,35-36H,3-4,9-16,18H2,1-2H3,(H,30,31,32)/t20?,23-,24-. The molecule has 2 aromatic heterocycles. The fourth-order valence-electron chi connectivity index (χ4n) is 5.79. The number of aliphatic hydroxyl groups is 2. The Bertz CT molecular complexity index is 1130. The molecule has 0 amide bonds. The molecule has 0 bridgehead atoms.